The molecule has 0 spiro atoms. The van der Waals surface area contributed by atoms with Crippen molar-refractivity contribution in [1.29, 1.82) is 0 Å². The molecule has 0 saturated carbocycles. The minimum atomic E-state index is -0.311. The van der Waals surface area contributed by atoms with Crippen LogP contribution in [0.3, 0.4) is 0 Å². The summed E-state index contributed by atoms with van der Waals surface area (Å²) in [7, 11) is 3.42. The van der Waals surface area contributed by atoms with Gasteiger partial charge in [-0.05, 0) is 57.4 Å². The summed E-state index contributed by atoms with van der Waals surface area (Å²) in [6.07, 6.45) is 4.10. The summed E-state index contributed by atoms with van der Waals surface area (Å²) in [5.74, 6) is -0.0237. The fourth-order valence-corrected chi connectivity index (χ4v) is 2.93. The van der Waals surface area contributed by atoms with E-state index in [1.807, 2.05) is 13.1 Å². The molecule has 112 valence electrons. The Bertz CT molecular complexity index is 444. The van der Waals surface area contributed by atoms with Crippen molar-refractivity contribution in [2.24, 2.45) is 0 Å². The maximum Gasteiger partial charge on any atom is 0.165 e. The Morgan fingerprint density at radius 1 is 1.45 bits per heavy atom. The lowest BCUT2D eigenvalue weighted by atomic mass is 9.85. The van der Waals surface area contributed by atoms with Crippen molar-refractivity contribution >= 4 is 0 Å². The average Bonchev–Trinajstić information content (AvgIpc) is 2.45. The highest BCUT2D eigenvalue weighted by molar-refractivity contribution is 5.30. The molecule has 1 aliphatic rings. The summed E-state index contributed by atoms with van der Waals surface area (Å²) >= 11 is 0. The molecule has 2 rings (SSSR count). The average molecular weight is 281 g/mol. The Kier molecular flexibility index (Phi) is 5.00. The quantitative estimate of drug-likeness (QED) is 0.900. The van der Waals surface area contributed by atoms with E-state index in [1.165, 1.54) is 13.5 Å². The molecule has 1 heterocycles. The first-order chi connectivity index (χ1) is 9.59. The first-order valence-corrected chi connectivity index (χ1v) is 7.22. The summed E-state index contributed by atoms with van der Waals surface area (Å²) in [5, 5.41) is 3.33. The minimum Gasteiger partial charge on any atom is -0.494 e. The van der Waals surface area contributed by atoms with E-state index in [2.05, 4.69) is 12.2 Å². The molecule has 0 bridgehead atoms. The Balaban J connectivity index is 2.11. The van der Waals surface area contributed by atoms with Gasteiger partial charge in [0.1, 0.15) is 0 Å². The largest absolute Gasteiger partial charge is 0.494 e. The Morgan fingerprint density at radius 3 is 2.80 bits per heavy atom. The molecule has 2 unspecified atom stereocenters. The molecular weight excluding hydrogens is 257 g/mol. The van der Waals surface area contributed by atoms with Crippen LogP contribution in [0.15, 0.2) is 18.2 Å². The van der Waals surface area contributed by atoms with Gasteiger partial charge >= 0.3 is 0 Å². The molecule has 1 saturated heterocycles. The van der Waals surface area contributed by atoms with Crippen molar-refractivity contribution in [1.82, 2.24) is 5.32 Å². The Labute approximate surface area is 120 Å². The van der Waals surface area contributed by atoms with Gasteiger partial charge in [0.05, 0.1) is 12.7 Å². The molecule has 0 aliphatic carbocycles. The maximum absolute atomic E-state index is 13.8. The molecule has 20 heavy (non-hydrogen) atoms. The van der Waals surface area contributed by atoms with Gasteiger partial charge in [-0.1, -0.05) is 6.07 Å². The first-order valence-electron chi connectivity index (χ1n) is 7.22. The highest BCUT2D eigenvalue weighted by Crippen LogP contribution is 2.30. The summed E-state index contributed by atoms with van der Waals surface area (Å²) in [5.41, 5.74) is 0.779. The molecule has 3 nitrogen and oxygen atoms in total. The van der Waals surface area contributed by atoms with Crippen LogP contribution in [0.4, 0.5) is 4.39 Å². The van der Waals surface area contributed by atoms with E-state index in [0.29, 0.717) is 0 Å². The van der Waals surface area contributed by atoms with Crippen LogP contribution in [-0.2, 0) is 11.2 Å². The van der Waals surface area contributed by atoms with Gasteiger partial charge in [-0.3, -0.25) is 0 Å². The zero-order valence-corrected chi connectivity index (χ0v) is 12.5. The number of halogens is 1. The van der Waals surface area contributed by atoms with E-state index in [0.717, 1.165) is 31.4 Å². The second-order valence-electron chi connectivity index (χ2n) is 5.63. The van der Waals surface area contributed by atoms with E-state index >= 15 is 0 Å². The van der Waals surface area contributed by atoms with Gasteiger partial charge in [-0.2, -0.15) is 0 Å². The number of rotatable bonds is 5. The fraction of sp³-hybridized carbons (Fsp3) is 0.625. The predicted molar refractivity (Wildman–Crippen MR) is 77.7 cm³/mol. The summed E-state index contributed by atoms with van der Waals surface area (Å²) in [4.78, 5) is 0. The van der Waals surface area contributed by atoms with Crippen LogP contribution < -0.4 is 10.1 Å². The van der Waals surface area contributed by atoms with Crippen molar-refractivity contribution < 1.29 is 13.9 Å². The second-order valence-corrected chi connectivity index (χ2v) is 5.63. The molecular formula is C16H24FNO2. The monoisotopic (exact) mass is 281 g/mol. The third-order valence-electron chi connectivity index (χ3n) is 4.24. The van der Waals surface area contributed by atoms with E-state index in [9.17, 15) is 4.39 Å². The number of likely N-dealkylation sites (N-methyl/N-ethyl adjacent to an activating group) is 1. The lowest BCUT2D eigenvalue weighted by molar-refractivity contribution is -0.0870. The molecule has 1 aliphatic heterocycles. The molecule has 0 aromatic heterocycles. The third-order valence-corrected chi connectivity index (χ3v) is 4.24. The van der Waals surface area contributed by atoms with E-state index in [-0.39, 0.29) is 23.2 Å². The van der Waals surface area contributed by atoms with E-state index in [4.69, 9.17) is 9.47 Å². The summed E-state index contributed by atoms with van der Waals surface area (Å²) < 4.78 is 24.7. The molecule has 1 aromatic carbocycles. The van der Waals surface area contributed by atoms with Gasteiger partial charge in [-0.15, -0.1) is 0 Å². The number of ether oxygens (including phenoxy) is 2. The smallest absolute Gasteiger partial charge is 0.165 e. The summed E-state index contributed by atoms with van der Waals surface area (Å²) in [6, 6.07) is 5.32. The van der Waals surface area contributed by atoms with Crippen molar-refractivity contribution in [2.75, 3.05) is 20.8 Å². The van der Waals surface area contributed by atoms with Gasteiger partial charge in [-0.25, -0.2) is 4.39 Å². The number of hydrogen-bond acceptors (Lipinski definition) is 3. The highest BCUT2D eigenvalue weighted by atomic mass is 19.1. The van der Waals surface area contributed by atoms with Gasteiger partial charge in [0.15, 0.2) is 11.6 Å². The Morgan fingerprint density at radius 2 is 2.25 bits per heavy atom. The van der Waals surface area contributed by atoms with Crippen molar-refractivity contribution in [3.05, 3.63) is 29.6 Å². The van der Waals surface area contributed by atoms with Crippen LogP contribution >= 0.6 is 0 Å². The topological polar surface area (TPSA) is 30.5 Å². The fourth-order valence-electron chi connectivity index (χ4n) is 2.93. The number of nitrogens with one attached hydrogen (secondary N) is 1. The highest BCUT2D eigenvalue weighted by Gasteiger charge is 2.35. The molecule has 1 fully saturated rings. The van der Waals surface area contributed by atoms with Crippen LogP contribution in [0.2, 0.25) is 0 Å². The molecule has 4 heteroatoms. The van der Waals surface area contributed by atoms with E-state index in [1.54, 1.807) is 12.1 Å². The van der Waals surface area contributed by atoms with Crippen LogP contribution in [0.25, 0.3) is 0 Å². The van der Waals surface area contributed by atoms with Gasteiger partial charge in [0.25, 0.3) is 0 Å². The van der Waals surface area contributed by atoms with Gasteiger partial charge < -0.3 is 14.8 Å². The van der Waals surface area contributed by atoms with Crippen LogP contribution in [0.1, 0.15) is 31.7 Å². The van der Waals surface area contributed by atoms with Gasteiger partial charge in [0, 0.05) is 12.6 Å². The molecule has 2 atom stereocenters. The van der Waals surface area contributed by atoms with Crippen molar-refractivity contribution in [3.63, 3.8) is 0 Å². The maximum atomic E-state index is 13.8. The van der Waals surface area contributed by atoms with Crippen molar-refractivity contribution in [3.8, 4) is 5.75 Å². The minimum absolute atomic E-state index is 0.176. The Hall–Kier alpha value is -1.13. The molecule has 1 aromatic rings. The number of hydrogen-bond donors (Lipinski definition) is 1. The SMILES string of the molecule is CNC(Cc1ccc(OC)c(F)c1)C1(C)CCCCO1. The van der Waals surface area contributed by atoms with Crippen LogP contribution in [0.5, 0.6) is 5.75 Å². The number of methoxy groups -OCH3 is 1. The third kappa shape index (κ3) is 3.30. The van der Waals surface area contributed by atoms with Crippen molar-refractivity contribution in [2.45, 2.75) is 44.2 Å². The standard InChI is InChI=1S/C16H24FNO2/c1-16(8-4-5-9-20-16)15(18-2)11-12-6-7-14(19-3)13(17)10-12/h6-7,10,15,18H,4-5,8-9,11H2,1-3H3. The zero-order valence-electron chi connectivity index (χ0n) is 12.5. The molecule has 1 N–H and O–H groups in total. The predicted octanol–water partition coefficient (Wildman–Crippen LogP) is 2.92. The molecule has 0 amide bonds. The van der Waals surface area contributed by atoms with Crippen LogP contribution in [0, 0.1) is 5.82 Å². The lowest BCUT2D eigenvalue weighted by Gasteiger charge is -2.40. The van der Waals surface area contributed by atoms with Crippen LogP contribution in [-0.4, -0.2) is 32.4 Å². The second kappa shape index (κ2) is 6.55. The zero-order chi connectivity index (χ0) is 14.6. The summed E-state index contributed by atoms with van der Waals surface area (Å²) in [6.45, 7) is 2.96. The lowest BCUT2D eigenvalue weighted by Crippen LogP contribution is -2.52. The number of benzene rings is 1. The molecule has 0 radical (unpaired) electrons. The normalized spacial score (nSPS) is 24.4. The first kappa shape index (κ1) is 15.3. The van der Waals surface area contributed by atoms with E-state index < -0.39 is 0 Å². The van der Waals surface area contributed by atoms with Gasteiger partial charge in [0.2, 0.25) is 0 Å².